The third-order valence-electron chi connectivity index (χ3n) is 3.51. The minimum absolute atomic E-state index is 0.0764. The largest absolute Gasteiger partial charge is 0.405 e. The predicted molar refractivity (Wildman–Crippen MR) is 83.8 cm³/mol. The molecule has 1 atom stereocenters. The first-order valence-electron chi connectivity index (χ1n) is 7.53. The molecular weight excluding hydrogens is 343 g/mol. The number of nitrogens with zero attached hydrogens (tertiary/aromatic N) is 2. The average Bonchev–Trinajstić information content (AvgIpc) is 3.06. The summed E-state index contributed by atoms with van der Waals surface area (Å²) in [6.45, 7) is 1.63. The van der Waals surface area contributed by atoms with E-state index in [0.717, 1.165) is 37.7 Å². The van der Waals surface area contributed by atoms with Crippen LogP contribution in [-0.4, -0.2) is 52.8 Å². The molecule has 1 N–H and O–H groups in total. The SMILES string of the molecule is CC(Sc1ccc(C(=O)N2CCCC2)cn1)C(=O)NCC(F)(F)F. The summed E-state index contributed by atoms with van der Waals surface area (Å²) in [5.41, 5.74) is 0.468. The van der Waals surface area contributed by atoms with Crippen LogP contribution in [0.25, 0.3) is 0 Å². The van der Waals surface area contributed by atoms with E-state index in [2.05, 4.69) is 4.98 Å². The summed E-state index contributed by atoms with van der Waals surface area (Å²) in [6.07, 6.45) is -1.01. The second-order valence-corrected chi connectivity index (χ2v) is 6.84. The number of aromatic nitrogens is 1. The van der Waals surface area contributed by atoms with Gasteiger partial charge in [-0.2, -0.15) is 13.2 Å². The van der Waals surface area contributed by atoms with Gasteiger partial charge in [-0.25, -0.2) is 4.98 Å². The molecule has 1 fully saturated rings. The van der Waals surface area contributed by atoms with Gasteiger partial charge in [0.2, 0.25) is 5.91 Å². The Hall–Kier alpha value is -1.77. The highest BCUT2D eigenvalue weighted by Gasteiger charge is 2.29. The molecule has 2 amide bonds. The van der Waals surface area contributed by atoms with Crippen molar-refractivity contribution in [2.24, 2.45) is 0 Å². The molecule has 0 bridgehead atoms. The van der Waals surface area contributed by atoms with Crippen LogP contribution in [-0.2, 0) is 4.79 Å². The number of nitrogens with one attached hydrogen (secondary N) is 1. The fourth-order valence-electron chi connectivity index (χ4n) is 2.25. The Labute approximate surface area is 142 Å². The number of halogens is 3. The highest BCUT2D eigenvalue weighted by Crippen LogP contribution is 2.22. The molecule has 1 saturated heterocycles. The van der Waals surface area contributed by atoms with E-state index >= 15 is 0 Å². The molecule has 0 radical (unpaired) electrons. The number of pyridine rings is 1. The molecule has 1 aliphatic rings. The maximum absolute atomic E-state index is 12.2. The summed E-state index contributed by atoms with van der Waals surface area (Å²) in [4.78, 5) is 29.7. The first kappa shape index (κ1) is 18.6. The Morgan fingerprint density at radius 3 is 2.54 bits per heavy atom. The van der Waals surface area contributed by atoms with Crippen molar-refractivity contribution in [3.63, 3.8) is 0 Å². The Kier molecular flexibility index (Phi) is 6.09. The first-order valence-corrected chi connectivity index (χ1v) is 8.41. The van der Waals surface area contributed by atoms with E-state index in [4.69, 9.17) is 0 Å². The van der Waals surface area contributed by atoms with Gasteiger partial charge in [-0.3, -0.25) is 9.59 Å². The van der Waals surface area contributed by atoms with E-state index in [9.17, 15) is 22.8 Å². The molecular formula is C15H18F3N3O2S. The van der Waals surface area contributed by atoms with Crippen molar-refractivity contribution in [2.75, 3.05) is 19.6 Å². The highest BCUT2D eigenvalue weighted by molar-refractivity contribution is 8.00. The fraction of sp³-hybridized carbons (Fsp3) is 0.533. The van der Waals surface area contributed by atoms with Gasteiger partial charge in [0.05, 0.1) is 15.8 Å². The predicted octanol–water partition coefficient (Wildman–Crippen LogP) is 2.48. The van der Waals surface area contributed by atoms with Crippen molar-refractivity contribution in [3.05, 3.63) is 23.9 Å². The van der Waals surface area contributed by atoms with Crippen LogP contribution in [0.1, 0.15) is 30.1 Å². The van der Waals surface area contributed by atoms with Gasteiger partial charge in [0.1, 0.15) is 6.54 Å². The van der Waals surface area contributed by atoms with E-state index in [1.54, 1.807) is 17.0 Å². The lowest BCUT2D eigenvalue weighted by atomic mass is 10.2. The number of amides is 2. The summed E-state index contributed by atoms with van der Waals surface area (Å²) in [7, 11) is 0. The van der Waals surface area contributed by atoms with Gasteiger partial charge < -0.3 is 10.2 Å². The Morgan fingerprint density at radius 2 is 2.00 bits per heavy atom. The molecule has 24 heavy (non-hydrogen) atoms. The Balaban J connectivity index is 1.88. The van der Waals surface area contributed by atoms with Gasteiger partial charge in [0.15, 0.2) is 0 Å². The average molecular weight is 361 g/mol. The van der Waals surface area contributed by atoms with Gasteiger partial charge in [-0.1, -0.05) is 11.8 Å². The number of likely N-dealkylation sites (tertiary alicyclic amines) is 1. The standard InChI is InChI=1S/C15H18F3N3O2S/c1-10(13(22)20-9-15(16,17)18)24-12-5-4-11(8-19-12)14(23)21-6-2-3-7-21/h4-5,8,10H,2-3,6-7,9H2,1H3,(H,20,22). The summed E-state index contributed by atoms with van der Waals surface area (Å²) >= 11 is 1.04. The van der Waals surface area contributed by atoms with Gasteiger partial charge in [-0.15, -0.1) is 0 Å². The van der Waals surface area contributed by atoms with Crippen LogP contribution in [0.3, 0.4) is 0 Å². The summed E-state index contributed by atoms with van der Waals surface area (Å²) < 4.78 is 36.3. The second-order valence-electron chi connectivity index (χ2n) is 5.48. The maximum atomic E-state index is 12.2. The van der Waals surface area contributed by atoms with Crippen LogP contribution in [0.5, 0.6) is 0 Å². The third-order valence-corrected chi connectivity index (χ3v) is 4.56. The van der Waals surface area contributed by atoms with Gasteiger partial charge in [0, 0.05) is 19.3 Å². The van der Waals surface area contributed by atoms with E-state index in [0.29, 0.717) is 10.6 Å². The number of carbonyl (C=O) groups excluding carboxylic acids is 2. The number of hydrogen-bond acceptors (Lipinski definition) is 4. The molecule has 1 aromatic rings. The molecule has 0 aliphatic carbocycles. The van der Waals surface area contributed by atoms with Crippen LogP contribution in [0.4, 0.5) is 13.2 Å². The van der Waals surface area contributed by atoms with E-state index < -0.39 is 23.9 Å². The van der Waals surface area contributed by atoms with Gasteiger partial charge in [0.25, 0.3) is 5.91 Å². The zero-order valence-corrected chi connectivity index (χ0v) is 13.9. The molecule has 132 valence electrons. The first-order chi connectivity index (χ1) is 11.3. The Morgan fingerprint density at radius 1 is 1.33 bits per heavy atom. The minimum Gasteiger partial charge on any atom is -0.346 e. The molecule has 1 unspecified atom stereocenters. The quantitative estimate of drug-likeness (QED) is 0.819. The molecule has 0 spiro atoms. The van der Waals surface area contributed by atoms with Crippen LogP contribution >= 0.6 is 11.8 Å². The lowest BCUT2D eigenvalue weighted by Gasteiger charge is -2.15. The molecule has 0 aromatic carbocycles. The molecule has 2 heterocycles. The number of rotatable bonds is 5. The summed E-state index contributed by atoms with van der Waals surface area (Å²) in [5, 5.41) is 1.59. The molecule has 0 saturated carbocycles. The monoisotopic (exact) mass is 361 g/mol. The van der Waals surface area contributed by atoms with Gasteiger partial charge >= 0.3 is 6.18 Å². The van der Waals surface area contributed by atoms with Crippen molar-refractivity contribution in [1.29, 1.82) is 0 Å². The van der Waals surface area contributed by atoms with Crippen LogP contribution in [0.2, 0.25) is 0 Å². The number of carbonyl (C=O) groups is 2. The number of hydrogen-bond donors (Lipinski definition) is 1. The molecule has 9 heteroatoms. The van der Waals surface area contributed by atoms with E-state index in [-0.39, 0.29) is 5.91 Å². The smallest absolute Gasteiger partial charge is 0.346 e. The van der Waals surface area contributed by atoms with Crippen molar-refractivity contribution in [1.82, 2.24) is 15.2 Å². The van der Waals surface area contributed by atoms with Crippen LogP contribution < -0.4 is 5.32 Å². The second kappa shape index (κ2) is 7.87. The minimum atomic E-state index is -4.43. The number of alkyl halides is 3. The lowest BCUT2D eigenvalue weighted by Crippen LogP contribution is -2.38. The van der Waals surface area contributed by atoms with E-state index in [1.165, 1.54) is 13.1 Å². The van der Waals surface area contributed by atoms with Crippen LogP contribution in [0, 0.1) is 0 Å². The van der Waals surface area contributed by atoms with Crippen molar-refractivity contribution >= 4 is 23.6 Å². The topological polar surface area (TPSA) is 62.3 Å². The number of thioether (sulfide) groups is 1. The van der Waals surface area contributed by atoms with Crippen molar-refractivity contribution in [2.45, 2.75) is 36.2 Å². The third kappa shape index (κ3) is 5.40. The normalized spacial score (nSPS) is 16.1. The van der Waals surface area contributed by atoms with Crippen molar-refractivity contribution < 1.29 is 22.8 Å². The maximum Gasteiger partial charge on any atom is 0.405 e. The summed E-state index contributed by atoms with van der Waals surface area (Å²) in [5.74, 6) is -0.788. The zero-order valence-electron chi connectivity index (χ0n) is 13.1. The van der Waals surface area contributed by atoms with E-state index in [1.807, 2.05) is 5.32 Å². The summed E-state index contributed by atoms with van der Waals surface area (Å²) in [6, 6.07) is 3.22. The Bertz CT molecular complexity index is 587. The van der Waals surface area contributed by atoms with Gasteiger partial charge in [-0.05, 0) is 31.9 Å². The molecule has 2 rings (SSSR count). The van der Waals surface area contributed by atoms with Crippen LogP contribution in [0.15, 0.2) is 23.4 Å². The highest BCUT2D eigenvalue weighted by atomic mass is 32.2. The fourth-order valence-corrected chi connectivity index (χ4v) is 3.06. The van der Waals surface area contributed by atoms with Crippen molar-refractivity contribution in [3.8, 4) is 0 Å². The molecule has 1 aliphatic heterocycles. The molecule has 1 aromatic heterocycles. The lowest BCUT2D eigenvalue weighted by molar-refractivity contribution is -0.137. The zero-order chi connectivity index (χ0) is 17.7. The molecule has 5 nitrogen and oxygen atoms in total.